The molecule has 2 aliphatic heterocycles. The van der Waals surface area contributed by atoms with Crippen LogP contribution >= 0.6 is 0 Å². The molecule has 1 saturated heterocycles. The summed E-state index contributed by atoms with van der Waals surface area (Å²) in [7, 11) is -0.969. The van der Waals surface area contributed by atoms with Gasteiger partial charge >= 0.3 is 0 Å². The molecule has 0 radical (unpaired) electrons. The molecule has 0 aliphatic carbocycles. The minimum absolute atomic E-state index is 0.0307. The average Bonchev–Trinajstić information content (AvgIpc) is 3.04. The highest BCUT2D eigenvalue weighted by Crippen LogP contribution is 2.36. The molecule has 0 aromatic heterocycles. The van der Waals surface area contributed by atoms with Crippen LogP contribution < -0.4 is 24.4 Å². The van der Waals surface area contributed by atoms with Crippen LogP contribution in [0.4, 0.5) is 5.69 Å². The Morgan fingerprint density at radius 3 is 2.45 bits per heavy atom. The lowest BCUT2D eigenvalue weighted by atomic mass is 9.97. The molecule has 222 valence electrons. The second-order valence-electron chi connectivity index (χ2n) is 10.3. The molecular weight excluding hydrogens is 558 g/mol. The summed E-state index contributed by atoms with van der Waals surface area (Å²) < 4.78 is 45.0. The van der Waals surface area contributed by atoms with Gasteiger partial charge in [0.15, 0.2) is 17.6 Å². The van der Waals surface area contributed by atoms with Crippen LogP contribution in [0.1, 0.15) is 18.4 Å². The van der Waals surface area contributed by atoms with E-state index >= 15 is 0 Å². The highest BCUT2D eigenvalue weighted by atomic mass is 32.2. The molecule has 0 spiro atoms. The van der Waals surface area contributed by atoms with E-state index in [9.17, 15) is 18.0 Å². The van der Waals surface area contributed by atoms with Gasteiger partial charge < -0.3 is 24.4 Å². The Morgan fingerprint density at radius 1 is 0.952 bits per heavy atom. The van der Waals surface area contributed by atoms with Gasteiger partial charge in [-0.1, -0.05) is 42.5 Å². The van der Waals surface area contributed by atoms with Crippen LogP contribution in [0.5, 0.6) is 17.2 Å². The molecule has 2 heterocycles. The zero-order valence-electron chi connectivity index (χ0n) is 23.7. The maximum atomic E-state index is 14.0. The summed E-state index contributed by atoms with van der Waals surface area (Å²) in [5.74, 6) is 0.0427. The lowest BCUT2D eigenvalue weighted by Gasteiger charge is -2.38. The van der Waals surface area contributed by atoms with Crippen molar-refractivity contribution in [2.24, 2.45) is 5.92 Å². The first-order valence-electron chi connectivity index (χ1n) is 13.9. The van der Waals surface area contributed by atoms with Crippen LogP contribution in [0.2, 0.25) is 0 Å². The zero-order chi connectivity index (χ0) is 29.7. The van der Waals surface area contributed by atoms with Crippen molar-refractivity contribution in [1.29, 1.82) is 0 Å². The van der Waals surface area contributed by atoms with Crippen LogP contribution in [0.15, 0.2) is 77.7 Å². The number of fused-ring (bicyclic) bond motifs is 1. The molecule has 11 heteroatoms. The Labute approximate surface area is 246 Å². The molecule has 2 atom stereocenters. The van der Waals surface area contributed by atoms with Gasteiger partial charge in [-0.15, -0.1) is 0 Å². The van der Waals surface area contributed by atoms with Crippen molar-refractivity contribution in [3.8, 4) is 17.2 Å². The van der Waals surface area contributed by atoms with Gasteiger partial charge in [0.2, 0.25) is 15.9 Å². The second kappa shape index (κ2) is 12.8. The van der Waals surface area contributed by atoms with Gasteiger partial charge in [-0.3, -0.25) is 9.59 Å². The number of carbonyl (C=O) groups excluding carboxylic acids is 2. The quantitative estimate of drug-likeness (QED) is 0.405. The number of benzene rings is 3. The van der Waals surface area contributed by atoms with E-state index in [1.165, 1.54) is 30.7 Å². The van der Waals surface area contributed by atoms with Gasteiger partial charge in [-0.05, 0) is 49.1 Å². The summed E-state index contributed by atoms with van der Waals surface area (Å²) >= 11 is 0. The third kappa shape index (κ3) is 6.22. The van der Waals surface area contributed by atoms with Gasteiger partial charge in [0.05, 0.1) is 37.3 Å². The third-order valence-corrected chi connectivity index (χ3v) is 9.48. The molecule has 3 aromatic carbocycles. The maximum absolute atomic E-state index is 14.0. The van der Waals surface area contributed by atoms with Gasteiger partial charge in [0.1, 0.15) is 5.75 Å². The highest BCUT2D eigenvalue weighted by molar-refractivity contribution is 7.89. The molecule has 2 amide bonds. The SMILES string of the molecule is COc1ccc(S(=O)(=O)N2CCC[C@H](C(=O)N3C[C@H](C(=O)NCCc4ccccc4)Oc4ccccc43)C2)cc1OC. The van der Waals surface area contributed by atoms with Crippen LogP contribution in [0, 0.1) is 5.92 Å². The number of para-hydroxylation sites is 2. The third-order valence-electron chi connectivity index (χ3n) is 7.61. The summed E-state index contributed by atoms with van der Waals surface area (Å²) in [5.41, 5.74) is 1.67. The van der Waals surface area contributed by atoms with Crippen molar-refractivity contribution < 1.29 is 32.2 Å². The molecule has 0 saturated carbocycles. The minimum Gasteiger partial charge on any atom is -0.493 e. The molecular formula is C31H35N3O7S. The normalized spacial score (nSPS) is 18.9. The number of amides is 2. The van der Waals surface area contributed by atoms with E-state index < -0.39 is 22.0 Å². The molecule has 5 rings (SSSR count). The molecule has 42 heavy (non-hydrogen) atoms. The van der Waals surface area contributed by atoms with Crippen molar-refractivity contribution in [2.45, 2.75) is 30.3 Å². The average molecular weight is 594 g/mol. The van der Waals surface area contributed by atoms with E-state index in [-0.39, 0.29) is 29.8 Å². The Bertz CT molecular complexity index is 1530. The largest absolute Gasteiger partial charge is 0.493 e. The number of nitrogens with zero attached hydrogens (tertiary/aromatic N) is 2. The second-order valence-corrected chi connectivity index (χ2v) is 12.2. The molecule has 0 unspecified atom stereocenters. The number of rotatable bonds is 9. The van der Waals surface area contributed by atoms with Crippen molar-refractivity contribution in [3.05, 3.63) is 78.4 Å². The van der Waals surface area contributed by atoms with Crippen molar-refractivity contribution in [2.75, 3.05) is 45.3 Å². The number of ether oxygens (including phenoxy) is 3. The molecule has 1 fully saturated rings. The fourth-order valence-electron chi connectivity index (χ4n) is 5.38. The Balaban J connectivity index is 1.30. The summed E-state index contributed by atoms with van der Waals surface area (Å²) in [4.78, 5) is 28.7. The lowest BCUT2D eigenvalue weighted by molar-refractivity contribution is -0.129. The summed E-state index contributed by atoms with van der Waals surface area (Å²) in [5, 5.41) is 2.92. The standard InChI is InChI=1S/C31H35N3O7S/c1-39-27-15-14-24(19-28(27)40-2)42(37,38)33-18-8-11-23(20-33)31(36)34-21-29(41-26-13-7-6-12-25(26)34)30(35)32-17-16-22-9-4-3-5-10-22/h3-7,9-10,12-15,19,23,29H,8,11,16-18,20-21H2,1-2H3,(H,32,35)/t23-,29+/m0/s1. The first kappa shape index (κ1) is 29.4. The number of hydrogen-bond donors (Lipinski definition) is 1. The molecule has 3 aromatic rings. The van der Waals surface area contributed by atoms with Crippen LogP contribution in [-0.2, 0) is 26.0 Å². The predicted octanol–water partition coefficient (Wildman–Crippen LogP) is 3.26. The van der Waals surface area contributed by atoms with Crippen LogP contribution in [0.3, 0.4) is 0 Å². The summed E-state index contributed by atoms with van der Waals surface area (Å²) in [6.45, 7) is 0.797. The van der Waals surface area contributed by atoms with Gasteiger partial charge in [-0.2, -0.15) is 4.31 Å². The van der Waals surface area contributed by atoms with Gasteiger partial charge in [-0.25, -0.2) is 8.42 Å². The number of nitrogens with one attached hydrogen (secondary N) is 1. The van der Waals surface area contributed by atoms with Crippen molar-refractivity contribution in [1.82, 2.24) is 9.62 Å². The number of sulfonamides is 1. The van der Waals surface area contributed by atoms with E-state index in [1.807, 2.05) is 30.3 Å². The predicted molar refractivity (Wildman–Crippen MR) is 157 cm³/mol. The number of methoxy groups -OCH3 is 2. The molecule has 10 nitrogen and oxygen atoms in total. The molecule has 0 bridgehead atoms. The first-order valence-corrected chi connectivity index (χ1v) is 15.4. The number of hydrogen-bond acceptors (Lipinski definition) is 7. The monoisotopic (exact) mass is 593 g/mol. The lowest BCUT2D eigenvalue weighted by Crippen LogP contribution is -2.54. The molecule has 1 N–H and O–H groups in total. The highest BCUT2D eigenvalue weighted by Gasteiger charge is 2.40. The van der Waals surface area contributed by atoms with Crippen LogP contribution in [0.25, 0.3) is 0 Å². The van der Waals surface area contributed by atoms with E-state index in [2.05, 4.69) is 5.32 Å². The first-order chi connectivity index (χ1) is 20.3. The van der Waals surface area contributed by atoms with Crippen molar-refractivity contribution >= 4 is 27.5 Å². The number of carbonyl (C=O) groups is 2. The Morgan fingerprint density at radius 2 is 1.69 bits per heavy atom. The Hall–Kier alpha value is -4.09. The fourth-order valence-corrected chi connectivity index (χ4v) is 6.92. The smallest absolute Gasteiger partial charge is 0.262 e. The number of anilines is 1. The van der Waals surface area contributed by atoms with E-state index in [1.54, 1.807) is 35.2 Å². The van der Waals surface area contributed by atoms with E-state index in [4.69, 9.17) is 14.2 Å². The van der Waals surface area contributed by atoms with Gasteiger partial charge in [0, 0.05) is 25.7 Å². The van der Waals surface area contributed by atoms with Gasteiger partial charge in [0.25, 0.3) is 5.91 Å². The zero-order valence-corrected chi connectivity index (χ0v) is 24.5. The minimum atomic E-state index is -3.90. The topological polar surface area (TPSA) is 114 Å². The summed E-state index contributed by atoms with van der Waals surface area (Å²) in [6, 6.07) is 21.4. The number of piperidine rings is 1. The Kier molecular flexibility index (Phi) is 8.98. The van der Waals surface area contributed by atoms with Crippen molar-refractivity contribution in [3.63, 3.8) is 0 Å². The summed E-state index contributed by atoms with van der Waals surface area (Å²) in [6.07, 6.45) is 0.836. The molecule has 2 aliphatic rings. The van der Waals surface area contributed by atoms with E-state index in [0.29, 0.717) is 55.3 Å². The van der Waals surface area contributed by atoms with Crippen LogP contribution in [-0.4, -0.2) is 71.0 Å². The maximum Gasteiger partial charge on any atom is 0.262 e. The fraction of sp³-hybridized carbons (Fsp3) is 0.355. The van der Waals surface area contributed by atoms with E-state index in [0.717, 1.165) is 5.56 Å².